The Morgan fingerprint density at radius 1 is 0.618 bits per heavy atom. The van der Waals surface area contributed by atoms with Crippen LogP contribution >= 0.6 is 7.82 Å². The van der Waals surface area contributed by atoms with Crippen LogP contribution in [-0.2, 0) is 28.2 Å². The van der Waals surface area contributed by atoms with Gasteiger partial charge in [0.25, 0.3) is 0 Å². The van der Waals surface area contributed by atoms with Gasteiger partial charge in [0.05, 0.1) is 24.9 Å². The SMILES string of the molecule is CC/C=C\C/C=C\C/C=C\C/C=C\CCCCCCC(=O)O[C@H](COC(=O)CCC[C@H](O)[C@@H](O)\C=C/C=C\C=C\C=C\[C@H](O)C/C=C\CC)COP(=O)(O)O. The zero-order chi connectivity index (χ0) is 40.8. The number of phosphoric acid groups is 1. The summed E-state index contributed by atoms with van der Waals surface area (Å²) in [5.74, 6) is -1.26. The molecule has 0 bridgehead atoms. The highest BCUT2D eigenvalue weighted by Gasteiger charge is 2.23. The molecule has 0 saturated heterocycles. The minimum absolute atomic E-state index is 0.101. The Balaban J connectivity index is 4.37. The lowest BCUT2D eigenvalue weighted by molar-refractivity contribution is -0.161. The van der Waals surface area contributed by atoms with E-state index < -0.39 is 57.4 Å². The average Bonchev–Trinajstić information content (AvgIpc) is 3.14. The van der Waals surface area contributed by atoms with Crippen LogP contribution in [-0.4, -0.2) is 74.7 Å². The number of hydrogen-bond donors (Lipinski definition) is 5. The Hall–Kier alpha value is -3.41. The van der Waals surface area contributed by atoms with Gasteiger partial charge in [-0.05, 0) is 70.6 Å². The van der Waals surface area contributed by atoms with E-state index in [1.807, 2.05) is 19.1 Å². The summed E-state index contributed by atoms with van der Waals surface area (Å²) in [7, 11) is -4.85. The molecule has 310 valence electrons. The van der Waals surface area contributed by atoms with E-state index in [9.17, 15) is 29.5 Å². The lowest BCUT2D eigenvalue weighted by Gasteiger charge is -2.18. The Labute approximate surface area is 329 Å². The van der Waals surface area contributed by atoms with Gasteiger partial charge in [0.15, 0.2) is 6.10 Å². The minimum atomic E-state index is -4.85. The van der Waals surface area contributed by atoms with Crippen LogP contribution in [0.5, 0.6) is 0 Å². The quantitative estimate of drug-likeness (QED) is 0.0141. The molecular formula is C43H67O11P. The Kier molecular flexibility index (Phi) is 34.0. The number of hydrogen-bond acceptors (Lipinski definition) is 9. The van der Waals surface area contributed by atoms with Crippen LogP contribution in [0.3, 0.4) is 0 Å². The molecular weight excluding hydrogens is 723 g/mol. The number of carbonyl (C=O) groups is 2. The van der Waals surface area contributed by atoms with Crippen molar-refractivity contribution in [2.24, 2.45) is 0 Å². The molecule has 0 aromatic rings. The lowest BCUT2D eigenvalue weighted by atomic mass is 10.1. The second-order valence-corrected chi connectivity index (χ2v) is 13.9. The summed E-state index contributed by atoms with van der Waals surface area (Å²) in [5, 5.41) is 30.2. The number of allylic oxidation sites excluding steroid dienone is 15. The molecule has 0 heterocycles. The predicted molar refractivity (Wildman–Crippen MR) is 220 cm³/mol. The standard InChI is InChI=1S/C43H67O11P/c1-3-5-7-8-9-10-11-12-13-14-15-16-17-18-19-24-28-34-43(48)54-39(37-53-55(49,50)51)36-52-42(47)35-29-33-41(46)40(45)32-27-23-21-20-22-26-31-38(44)30-25-6-4-2/h5-7,9-10,12-13,15-16,20-23,25-27,31-32,38-41,44-46H,3-4,8,11,14,17-19,24,28-30,33-37H2,1-2H3,(H2,49,50,51)/b7-5-,10-9-,13-12-,16-15-,22-20+,23-21-,25-6-,31-26+,32-27-/t38-,39-,40+,41+/m1/s1. The zero-order valence-electron chi connectivity index (χ0n) is 32.9. The van der Waals surface area contributed by atoms with Crippen LogP contribution in [0, 0.1) is 0 Å². The molecule has 0 amide bonds. The van der Waals surface area contributed by atoms with E-state index in [4.69, 9.17) is 19.3 Å². The monoisotopic (exact) mass is 790 g/mol. The van der Waals surface area contributed by atoms with Crippen LogP contribution < -0.4 is 0 Å². The predicted octanol–water partition coefficient (Wildman–Crippen LogP) is 8.53. The Morgan fingerprint density at radius 2 is 1.16 bits per heavy atom. The lowest BCUT2D eigenvalue weighted by Crippen LogP contribution is -2.29. The number of aliphatic hydroxyl groups excluding tert-OH is 3. The van der Waals surface area contributed by atoms with Crippen molar-refractivity contribution in [3.63, 3.8) is 0 Å². The fourth-order valence-electron chi connectivity index (χ4n) is 4.64. The number of carbonyl (C=O) groups excluding carboxylic acids is 2. The molecule has 0 saturated carbocycles. The van der Waals surface area contributed by atoms with Crippen LogP contribution in [0.2, 0.25) is 0 Å². The third-order valence-electron chi connectivity index (χ3n) is 7.63. The molecule has 11 nitrogen and oxygen atoms in total. The van der Waals surface area contributed by atoms with E-state index in [-0.39, 0.29) is 25.7 Å². The molecule has 0 rings (SSSR count). The maximum absolute atomic E-state index is 12.4. The summed E-state index contributed by atoms with van der Waals surface area (Å²) >= 11 is 0. The highest BCUT2D eigenvalue weighted by atomic mass is 31.2. The maximum Gasteiger partial charge on any atom is 0.469 e. The molecule has 55 heavy (non-hydrogen) atoms. The van der Waals surface area contributed by atoms with Gasteiger partial charge < -0.3 is 34.6 Å². The topological polar surface area (TPSA) is 180 Å². The normalized spacial score (nSPS) is 15.4. The van der Waals surface area contributed by atoms with Gasteiger partial charge in [0.2, 0.25) is 0 Å². The molecule has 0 fully saturated rings. The van der Waals surface area contributed by atoms with E-state index in [1.54, 1.807) is 42.5 Å². The van der Waals surface area contributed by atoms with Crippen LogP contribution in [0.25, 0.3) is 0 Å². The number of rotatable bonds is 33. The first-order valence-electron chi connectivity index (χ1n) is 19.5. The summed E-state index contributed by atoms with van der Waals surface area (Å²) in [6.45, 7) is 3.04. The number of unbranched alkanes of at least 4 members (excludes halogenated alkanes) is 4. The first-order valence-corrected chi connectivity index (χ1v) is 21.0. The van der Waals surface area contributed by atoms with Gasteiger partial charge in [0.1, 0.15) is 6.61 Å². The summed E-state index contributed by atoms with van der Waals surface area (Å²) in [5.41, 5.74) is 0. The van der Waals surface area contributed by atoms with Gasteiger partial charge >= 0.3 is 19.8 Å². The van der Waals surface area contributed by atoms with Gasteiger partial charge in [-0.15, -0.1) is 0 Å². The van der Waals surface area contributed by atoms with Gasteiger partial charge in [-0.1, -0.05) is 136 Å². The van der Waals surface area contributed by atoms with Crippen molar-refractivity contribution in [2.45, 2.75) is 135 Å². The van der Waals surface area contributed by atoms with Crippen molar-refractivity contribution in [3.8, 4) is 0 Å². The molecule has 0 unspecified atom stereocenters. The first-order chi connectivity index (χ1) is 26.5. The molecule has 12 heteroatoms. The summed E-state index contributed by atoms with van der Waals surface area (Å²) in [6, 6.07) is 0. The highest BCUT2D eigenvalue weighted by Crippen LogP contribution is 2.36. The number of esters is 2. The molecule has 0 radical (unpaired) electrons. The van der Waals surface area contributed by atoms with E-state index in [2.05, 4.69) is 60.1 Å². The highest BCUT2D eigenvalue weighted by molar-refractivity contribution is 7.46. The van der Waals surface area contributed by atoms with Crippen LogP contribution in [0.15, 0.2) is 109 Å². The van der Waals surface area contributed by atoms with Crippen LogP contribution in [0.4, 0.5) is 0 Å². The van der Waals surface area contributed by atoms with Crippen molar-refractivity contribution in [1.82, 2.24) is 0 Å². The molecule has 0 aromatic carbocycles. The second-order valence-electron chi connectivity index (χ2n) is 12.7. The molecule has 4 atom stereocenters. The molecule has 0 spiro atoms. The number of aliphatic hydroxyl groups is 3. The Bertz CT molecular complexity index is 1300. The van der Waals surface area contributed by atoms with E-state index in [0.717, 1.165) is 57.8 Å². The van der Waals surface area contributed by atoms with E-state index in [0.29, 0.717) is 12.8 Å². The smallest absolute Gasteiger partial charge is 0.462 e. The van der Waals surface area contributed by atoms with Crippen molar-refractivity contribution >= 4 is 19.8 Å². The van der Waals surface area contributed by atoms with Crippen LogP contribution in [0.1, 0.15) is 110 Å². The fourth-order valence-corrected chi connectivity index (χ4v) is 5.00. The second kappa shape index (κ2) is 36.2. The molecule has 0 aromatic heterocycles. The fraction of sp³-hybridized carbons (Fsp3) is 0.535. The maximum atomic E-state index is 12.4. The van der Waals surface area contributed by atoms with Crippen molar-refractivity contribution in [1.29, 1.82) is 0 Å². The van der Waals surface area contributed by atoms with Gasteiger partial charge in [-0.3, -0.25) is 14.1 Å². The summed E-state index contributed by atoms with van der Waals surface area (Å²) in [6.07, 6.45) is 40.4. The summed E-state index contributed by atoms with van der Waals surface area (Å²) in [4.78, 5) is 42.8. The van der Waals surface area contributed by atoms with E-state index in [1.165, 1.54) is 6.08 Å². The largest absolute Gasteiger partial charge is 0.469 e. The third kappa shape index (κ3) is 37.3. The van der Waals surface area contributed by atoms with Gasteiger partial charge in [0, 0.05) is 12.8 Å². The minimum Gasteiger partial charge on any atom is -0.462 e. The molecule has 0 aliphatic carbocycles. The van der Waals surface area contributed by atoms with Gasteiger partial charge in [-0.25, -0.2) is 4.57 Å². The van der Waals surface area contributed by atoms with Crippen molar-refractivity contribution < 1.29 is 53.3 Å². The third-order valence-corrected chi connectivity index (χ3v) is 8.11. The molecule has 5 N–H and O–H groups in total. The van der Waals surface area contributed by atoms with Gasteiger partial charge in [-0.2, -0.15) is 0 Å². The first kappa shape index (κ1) is 51.6. The number of ether oxygens (including phenoxy) is 2. The van der Waals surface area contributed by atoms with E-state index >= 15 is 0 Å². The summed E-state index contributed by atoms with van der Waals surface area (Å²) < 4.78 is 26.1. The van der Waals surface area contributed by atoms with Crippen molar-refractivity contribution in [3.05, 3.63) is 109 Å². The molecule has 0 aliphatic heterocycles. The zero-order valence-corrected chi connectivity index (χ0v) is 33.7. The average molecular weight is 791 g/mol. The Morgan fingerprint density at radius 3 is 1.80 bits per heavy atom. The molecule has 0 aliphatic rings. The van der Waals surface area contributed by atoms with Crippen molar-refractivity contribution in [2.75, 3.05) is 13.2 Å². The number of phosphoric ester groups is 1.